The molecule has 0 saturated carbocycles. The SMILES string of the molecule is CCC/C(C)=C\C(=O)OCC. The molecule has 0 aromatic carbocycles. The maximum absolute atomic E-state index is 10.8. The molecule has 0 aromatic heterocycles. The number of carbonyl (C=O) groups excluding carboxylic acids is 1. The first-order chi connectivity index (χ1) is 5.20. The standard InChI is InChI=1S/C9H16O2/c1-4-6-8(3)7-9(10)11-5-2/h7H,4-6H2,1-3H3/b8-7-. The van der Waals surface area contributed by atoms with Gasteiger partial charge in [0, 0.05) is 6.08 Å². The van der Waals surface area contributed by atoms with Crippen LogP contribution in [0.2, 0.25) is 0 Å². The third-order valence-electron chi connectivity index (χ3n) is 1.30. The lowest BCUT2D eigenvalue weighted by molar-refractivity contribution is -0.137. The van der Waals surface area contributed by atoms with Crippen molar-refractivity contribution in [1.29, 1.82) is 0 Å². The normalized spacial score (nSPS) is 11.4. The van der Waals surface area contributed by atoms with Crippen LogP contribution in [0.3, 0.4) is 0 Å². The minimum absolute atomic E-state index is 0.224. The predicted octanol–water partition coefficient (Wildman–Crippen LogP) is 2.30. The van der Waals surface area contributed by atoms with E-state index in [0.717, 1.165) is 18.4 Å². The van der Waals surface area contributed by atoms with Crippen molar-refractivity contribution in [2.45, 2.75) is 33.6 Å². The van der Waals surface area contributed by atoms with Crippen molar-refractivity contribution in [2.75, 3.05) is 6.61 Å². The van der Waals surface area contributed by atoms with E-state index in [-0.39, 0.29) is 5.97 Å². The molecule has 0 aliphatic carbocycles. The van der Waals surface area contributed by atoms with Gasteiger partial charge in [0.05, 0.1) is 6.61 Å². The summed E-state index contributed by atoms with van der Waals surface area (Å²) in [6, 6.07) is 0. The first kappa shape index (κ1) is 10.2. The molecule has 0 aliphatic rings. The summed E-state index contributed by atoms with van der Waals surface area (Å²) in [6.45, 7) is 6.29. The van der Waals surface area contributed by atoms with Crippen molar-refractivity contribution in [3.8, 4) is 0 Å². The summed E-state index contributed by atoms with van der Waals surface area (Å²) < 4.78 is 4.74. The van der Waals surface area contributed by atoms with Gasteiger partial charge in [-0.1, -0.05) is 18.9 Å². The maximum Gasteiger partial charge on any atom is 0.330 e. The van der Waals surface area contributed by atoms with Gasteiger partial charge in [-0.15, -0.1) is 0 Å². The fourth-order valence-corrected chi connectivity index (χ4v) is 0.852. The number of allylic oxidation sites excluding steroid dienone is 1. The number of rotatable bonds is 4. The van der Waals surface area contributed by atoms with Gasteiger partial charge in [0.25, 0.3) is 0 Å². The molecular formula is C9H16O2. The monoisotopic (exact) mass is 156 g/mol. The van der Waals surface area contributed by atoms with Crippen molar-refractivity contribution < 1.29 is 9.53 Å². The Labute approximate surface area is 68.2 Å². The third-order valence-corrected chi connectivity index (χ3v) is 1.30. The topological polar surface area (TPSA) is 26.3 Å². The van der Waals surface area contributed by atoms with Crippen molar-refractivity contribution in [1.82, 2.24) is 0 Å². The molecule has 0 fully saturated rings. The fourth-order valence-electron chi connectivity index (χ4n) is 0.852. The minimum atomic E-state index is -0.224. The molecule has 0 bridgehead atoms. The van der Waals surface area contributed by atoms with Crippen LogP contribution in [0, 0.1) is 0 Å². The largest absolute Gasteiger partial charge is 0.463 e. The zero-order valence-electron chi connectivity index (χ0n) is 7.52. The average Bonchev–Trinajstić information content (AvgIpc) is 1.87. The van der Waals surface area contributed by atoms with E-state index < -0.39 is 0 Å². The molecule has 0 saturated heterocycles. The molecule has 2 nitrogen and oxygen atoms in total. The van der Waals surface area contributed by atoms with E-state index in [1.165, 1.54) is 0 Å². The Morgan fingerprint density at radius 3 is 2.55 bits per heavy atom. The van der Waals surface area contributed by atoms with Crippen LogP contribution < -0.4 is 0 Å². The van der Waals surface area contributed by atoms with E-state index in [9.17, 15) is 4.79 Å². The summed E-state index contributed by atoms with van der Waals surface area (Å²) in [4.78, 5) is 10.8. The van der Waals surface area contributed by atoms with E-state index in [2.05, 4.69) is 6.92 Å². The Bertz CT molecular complexity index is 148. The summed E-state index contributed by atoms with van der Waals surface area (Å²) >= 11 is 0. The number of esters is 1. The van der Waals surface area contributed by atoms with E-state index in [1.54, 1.807) is 13.0 Å². The second-order valence-electron chi connectivity index (χ2n) is 2.49. The Balaban J connectivity index is 3.76. The summed E-state index contributed by atoms with van der Waals surface area (Å²) in [5.74, 6) is -0.224. The second-order valence-corrected chi connectivity index (χ2v) is 2.49. The van der Waals surface area contributed by atoms with Gasteiger partial charge in [0.15, 0.2) is 0 Å². The highest BCUT2D eigenvalue weighted by atomic mass is 16.5. The highest BCUT2D eigenvalue weighted by molar-refractivity contribution is 5.82. The van der Waals surface area contributed by atoms with Crippen molar-refractivity contribution in [3.63, 3.8) is 0 Å². The Hall–Kier alpha value is -0.790. The Kier molecular flexibility index (Phi) is 5.53. The van der Waals surface area contributed by atoms with Gasteiger partial charge >= 0.3 is 5.97 Å². The molecule has 0 N–H and O–H groups in total. The van der Waals surface area contributed by atoms with Gasteiger partial charge in [-0.05, 0) is 20.3 Å². The molecule has 64 valence electrons. The van der Waals surface area contributed by atoms with E-state index >= 15 is 0 Å². The number of hydrogen-bond donors (Lipinski definition) is 0. The summed E-state index contributed by atoms with van der Waals surface area (Å²) in [7, 11) is 0. The van der Waals surface area contributed by atoms with Crippen LogP contribution >= 0.6 is 0 Å². The molecule has 0 aliphatic heterocycles. The van der Waals surface area contributed by atoms with E-state index in [0.29, 0.717) is 6.61 Å². The first-order valence-corrected chi connectivity index (χ1v) is 4.04. The zero-order chi connectivity index (χ0) is 8.69. The molecule has 0 radical (unpaired) electrons. The van der Waals surface area contributed by atoms with Gasteiger partial charge in [-0.25, -0.2) is 4.79 Å². The van der Waals surface area contributed by atoms with Crippen molar-refractivity contribution >= 4 is 5.97 Å². The molecule has 0 atom stereocenters. The highest BCUT2D eigenvalue weighted by Gasteiger charge is 1.95. The average molecular weight is 156 g/mol. The quantitative estimate of drug-likeness (QED) is 0.461. The summed E-state index contributed by atoms with van der Waals surface area (Å²) in [5, 5.41) is 0. The van der Waals surface area contributed by atoms with Gasteiger partial charge < -0.3 is 4.74 Å². The van der Waals surface area contributed by atoms with Crippen LogP contribution in [0.1, 0.15) is 33.6 Å². The molecule has 0 rings (SSSR count). The van der Waals surface area contributed by atoms with Gasteiger partial charge in [0.2, 0.25) is 0 Å². The molecule has 2 heteroatoms. The lowest BCUT2D eigenvalue weighted by atomic mass is 10.2. The number of carbonyl (C=O) groups is 1. The molecular weight excluding hydrogens is 140 g/mol. The number of hydrogen-bond acceptors (Lipinski definition) is 2. The highest BCUT2D eigenvalue weighted by Crippen LogP contribution is 2.02. The molecule has 0 amide bonds. The van der Waals surface area contributed by atoms with Crippen LogP contribution in [-0.4, -0.2) is 12.6 Å². The smallest absolute Gasteiger partial charge is 0.330 e. The molecule has 0 unspecified atom stereocenters. The van der Waals surface area contributed by atoms with E-state index in [1.807, 2.05) is 6.92 Å². The Morgan fingerprint density at radius 2 is 2.09 bits per heavy atom. The maximum atomic E-state index is 10.8. The lowest BCUT2D eigenvalue weighted by Gasteiger charge is -1.98. The molecule has 0 aromatic rings. The van der Waals surface area contributed by atoms with Crippen molar-refractivity contribution in [3.05, 3.63) is 11.6 Å². The van der Waals surface area contributed by atoms with Gasteiger partial charge in [-0.2, -0.15) is 0 Å². The number of ether oxygens (including phenoxy) is 1. The summed E-state index contributed by atoms with van der Waals surface area (Å²) in [6.07, 6.45) is 3.60. The lowest BCUT2D eigenvalue weighted by Crippen LogP contribution is -2.00. The van der Waals surface area contributed by atoms with Crippen LogP contribution in [0.5, 0.6) is 0 Å². The van der Waals surface area contributed by atoms with Gasteiger partial charge in [-0.3, -0.25) is 0 Å². The Morgan fingerprint density at radius 1 is 1.45 bits per heavy atom. The van der Waals surface area contributed by atoms with Crippen LogP contribution in [0.4, 0.5) is 0 Å². The van der Waals surface area contributed by atoms with Crippen LogP contribution in [0.15, 0.2) is 11.6 Å². The second kappa shape index (κ2) is 5.96. The molecule has 0 spiro atoms. The summed E-state index contributed by atoms with van der Waals surface area (Å²) in [5.41, 5.74) is 1.09. The predicted molar refractivity (Wildman–Crippen MR) is 45.3 cm³/mol. The third kappa shape index (κ3) is 5.64. The van der Waals surface area contributed by atoms with Crippen LogP contribution in [0.25, 0.3) is 0 Å². The van der Waals surface area contributed by atoms with Crippen molar-refractivity contribution in [2.24, 2.45) is 0 Å². The minimum Gasteiger partial charge on any atom is -0.463 e. The molecule has 0 heterocycles. The first-order valence-electron chi connectivity index (χ1n) is 4.04. The van der Waals surface area contributed by atoms with Gasteiger partial charge in [0.1, 0.15) is 0 Å². The zero-order valence-corrected chi connectivity index (χ0v) is 7.52. The molecule has 11 heavy (non-hydrogen) atoms. The van der Waals surface area contributed by atoms with Crippen LogP contribution in [-0.2, 0) is 9.53 Å². The van der Waals surface area contributed by atoms with E-state index in [4.69, 9.17) is 4.74 Å². The fraction of sp³-hybridized carbons (Fsp3) is 0.667.